The minimum Gasteiger partial charge on any atom is -0.260 e. The van der Waals surface area contributed by atoms with Crippen molar-refractivity contribution in [1.29, 1.82) is 0 Å². The Balaban J connectivity index is 1.01. The number of aromatic nitrogens is 1. The second kappa shape index (κ2) is 12.1. The van der Waals surface area contributed by atoms with Crippen molar-refractivity contribution < 1.29 is 0 Å². The molecule has 0 aliphatic heterocycles. The Bertz CT molecular complexity index is 2540. The molecule has 0 unspecified atom stereocenters. The monoisotopic (exact) mass is 646 g/mol. The standard InChI is InChI=1S/C46H34N2S/c1-3-30(27-47-29(2)35-15-9-19-42-41-14-6-7-20-45(41)49-46(35)42)36-16-8-12-32-25-31(21-23-38(32)36)34-22-24-44(48-28-34)40-18-10-17-39-37-13-5-4-11-33(37)26-43(39)40/h3-5,7-13,15-25,27-28H,1,6,14,26H2,2H3/b30-27+,47-29+. The predicted octanol–water partition coefficient (Wildman–Crippen LogP) is 12.4. The molecule has 0 N–H and O–H groups in total. The van der Waals surface area contributed by atoms with Crippen LogP contribution in [0.25, 0.3) is 66.0 Å². The number of rotatable bonds is 6. The molecule has 3 heteroatoms. The van der Waals surface area contributed by atoms with Crippen LogP contribution in [-0.2, 0) is 12.8 Å². The average molecular weight is 647 g/mol. The maximum atomic E-state index is 5.00. The lowest BCUT2D eigenvalue weighted by molar-refractivity contribution is 1.01. The van der Waals surface area contributed by atoms with Gasteiger partial charge in [0.25, 0.3) is 0 Å². The lowest BCUT2D eigenvalue weighted by Gasteiger charge is -2.11. The number of allylic oxidation sites excluding steroid dienone is 3. The Hall–Kier alpha value is -5.64. The van der Waals surface area contributed by atoms with E-state index in [0.29, 0.717) is 0 Å². The maximum absolute atomic E-state index is 5.00. The van der Waals surface area contributed by atoms with Gasteiger partial charge in [-0.25, -0.2) is 0 Å². The molecule has 49 heavy (non-hydrogen) atoms. The van der Waals surface area contributed by atoms with E-state index in [4.69, 9.17) is 9.98 Å². The summed E-state index contributed by atoms with van der Waals surface area (Å²) < 4.78 is 1.33. The highest BCUT2D eigenvalue weighted by molar-refractivity contribution is 7.20. The van der Waals surface area contributed by atoms with E-state index in [2.05, 4.69) is 135 Å². The molecule has 0 radical (unpaired) electrons. The summed E-state index contributed by atoms with van der Waals surface area (Å²) in [6.45, 7) is 6.28. The third-order valence-corrected chi connectivity index (χ3v) is 11.3. The quantitative estimate of drug-likeness (QED) is 0.130. The number of nitrogens with zero attached hydrogens (tertiary/aromatic N) is 2. The molecular formula is C46H34N2S. The molecule has 5 aromatic carbocycles. The van der Waals surface area contributed by atoms with Gasteiger partial charge in [0.05, 0.1) is 5.69 Å². The molecule has 0 bridgehead atoms. The van der Waals surface area contributed by atoms with Gasteiger partial charge in [0.1, 0.15) is 0 Å². The highest BCUT2D eigenvalue weighted by Gasteiger charge is 2.21. The van der Waals surface area contributed by atoms with E-state index < -0.39 is 0 Å². The van der Waals surface area contributed by atoms with Gasteiger partial charge in [0.2, 0.25) is 0 Å². The Morgan fingerprint density at radius 1 is 0.776 bits per heavy atom. The van der Waals surface area contributed by atoms with Crippen LogP contribution in [0.5, 0.6) is 0 Å². The zero-order chi connectivity index (χ0) is 32.9. The van der Waals surface area contributed by atoms with Gasteiger partial charge in [-0.2, -0.15) is 0 Å². The van der Waals surface area contributed by atoms with Crippen molar-refractivity contribution in [3.8, 4) is 33.5 Å². The topological polar surface area (TPSA) is 25.2 Å². The third kappa shape index (κ3) is 5.10. The van der Waals surface area contributed by atoms with Crippen molar-refractivity contribution in [1.82, 2.24) is 4.98 Å². The van der Waals surface area contributed by atoms with Gasteiger partial charge in [0.15, 0.2) is 0 Å². The molecule has 2 aromatic heterocycles. The van der Waals surface area contributed by atoms with E-state index in [1.54, 1.807) is 0 Å². The van der Waals surface area contributed by atoms with E-state index in [9.17, 15) is 0 Å². The van der Waals surface area contributed by atoms with Crippen LogP contribution in [-0.4, -0.2) is 10.7 Å². The SMILES string of the molecule is C=C/C(=C\N=C(/C)c1cccc2c3c(sc12)C=CCC3)c1cccc2cc(-c3ccc(-c4cccc5c4Cc4ccccc4-5)nc3)ccc12. The maximum Gasteiger partial charge on any atom is 0.0705 e. The lowest BCUT2D eigenvalue weighted by Crippen LogP contribution is -1.95. The van der Waals surface area contributed by atoms with Crippen LogP contribution in [0.1, 0.15) is 46.0 Å². The van der Waals surface area contributed by atoms with Crippen LogP contribution in [0.4, 0.5) is 0 Å². The number of benzene rings is 5. The molecule has 9 rings (SSSR count). The van der Waals surface area contributed by atoms with Crippen molar-refractivity contribution in [2.24, 2.45) is 4.99 Å². The van der Waals surface area contributed by atoms with Crippen molar-refractivity contribution >= 4 is 49.6 Å². The Labute approximate surface area is 291 Å². The molecule has 0 amide bonds. The van der Waals surface area contributed by atoms with Crippen molar-refractivity contribution in [2.75, 3.05) is 0 Å². The Kier molecular flexibility index (Phi) is 7.29. The van der Waals surface area contributed by atoms with E-state index >= 15 is 0 Å². The largest absolute Gasteiger partial charge is 0.260 e. The lowest BCUT2D eigenvalue weighted by atomic mass is 9.95. The summed E-state index contributed by atoms with van der Waals surface area (Å²) in [6, 6.07) is 39.4. The first-order valence-corrected chi connectivity index (χ1v) is 17.8. The highest BCUT2D eigenvalue weighted by Crippen LogP contribution is 2.42. The van der Waals surface area contributed by atoms with Crippen LogP contribution < -0.4 is 0 Å². The summed E-state index contributed by atoms with van der Waals surface area (Å²) >= 11 is 1.88. The predicted molar refractivity (Wildman–Crippen MR) is 210 cm³/mol. The molecule has 0 saturated heterocycles. The molecule has 2 heterocycles. The van der Waals surface area contributed by atoms with E-state index in [1.807, 2.05) is 29.8 Å². The summed E-state index contributed by atoms with van der Waals surface area (Å²) in [5, 5.41) is 3.72. The molecular weight excluding hydrogens is 613 g/mol. The number of hydrogen-bond donors (Lipinski definition) is 0. The highest BCUT2D eigenvalue weighted by atomic mass is 32.1. The minimum absolute atomic E-state index is 0.953. The van der Waals surface area contributed by atoms with Gasteiger partial charge < -0.3 is 0 Å². The van der Waals surface area contributed by atoms with E-state index in [0.717, 1.165) is 52.9 Å². The van der Waals surface area contributed by atoms with Crippen molar-refractivity contribution in [3.05, 3.63) is 173 Å². The summed E-state index contributed by atoms with van der Waals surface area (Å²) in [6.07, 6.45) is 13.6. The van der Waals surface area contributed by atoms with E-state index in [1.165, 1.54) is 64.7 Å². The van der Waals surface area contributed by atoms with Crippen LogP contribution in [0.15, 0.2) is 145 Å². The number of fused-ring (bicyclic) bond motifs is 7. The zero-order valence-electron chi connectivity index (χ0n) is 27.4. The Morgan fingerprint density at radius 2 is 1.59 bits per heavy atom. The van der Waals surface area contributed by atoms with Crippen molar-refractivity contribution in [3.63, 3.8) is 0 Å². The van der Waals surface area contributed by atoms with Gasteiger partial charge >= 0.3 is 0 Å². The molecule has 234 valence electrons. The van der Waals surface area contributed by atoms with Crippen LogP contribution in [0, 0.1) is 0 Å². The molecule has 2 nitrogen and oxygen atoms in total. The summed E-state index contributed by atoms with van der Waals surface area (Å²) in [5.74, 6) is 0. The fourth-order valence-electron chi connectivity index (χ4n) is 7.59. The van der Waals surface area contributed by atoms with Gasteiger partial charge in [-0.05, 0) is 105 Å². The summed E-state index contributed by atoms with van der Waals surface area (Å²) in [7, 11) is 0. The molecule has 2 aliphatic carbocycles. The normalized spacial score (nSPS) is 13.8. The first kappa shape index (κ1) is 29.5. The first-order valence-electron chi connectivity index (χ1n) is 16.9. The van der Waals surface area contributed by atoms with Crippen molar-refractivity contribution in [2.45, 2.75) is 26.2 Å². The fourth-order valence-corrected chi connectivity index (χ4v) is 8.93. The van der Waals surface area contributed by atoms with Crippen LogP contribution in [0.3, 0.4) is 0 Å². The number of hydrogen-bond acceptors (Lipinski definition) is 3. The van der Waals surface area contributed by atoms with Gasteiger partial charge in [-0.15, -0.1) is 11.3 Å². The van der Waals surface area contributed by atoms with Gasteiger partial charge in [0, 0.05) is 44.4 Å². The summed E-state index contributed by atoms with van der Waals surface area (Å²) in [4.78, 5) is 11.4. The number of thiophene rings is 1. The average Bonchev–Trinajstić information content (AvgIpc) is 3.73. The smallest absolute Gasteiger partial charge is 0.0705 e. The third-order valence-electron chi connectivity index (χ3n) is 10.1. The fraction of sp³-hybridized carbons (Fsp3) is 0.0870. The number of pyridine rings is 1. The van der Waals surface area contributed by atoms with Crippen LogP contribution >= 0.6 is 11.3 Å². The minimum atomic E-state index is 0.953. The Morgan fingerprint density at radius 3 is 2.49 bits per heavy atom. The molecule has 0 fully saturated rings. The molecule has 0 spiro atoms. The van der Waals surface area contributed by atoms with Gasteiger partial charge in [-0.3, -0.25) is 9.98 Å². The first-order chi connectivity index (χ1) is 24.2. The zero-order valence-corrected chi connectivity index (χ0v) is 28.2. The second-order valence-corrected chi connectivity index (χ2v) is 14.0. The van der Waals surface area contributed by atoms with Crippen LogP contribution in [0.2, 0.25) is 0 Å². The molecule has 0 saturated carbocycles. The summed E-state index contributed by atoms with van der Waals surface area (Å²) in [5.41, 5.74) is 15.7. The number of aryl methyl sites for hydroxylation is 1. The number of aliphatic imine (C=N–C) groups is 1. The van der Waals surface area contributed by atoms with E-state index in [-0.39, 0.29) is 0 Å². The molecule has 2 aliphatic rings. The second-order valence-electron chi connectivity index (χ2n) is 12.9. The van der Waals surface area contributed by atoms with Gasteiger partial charge in [-0.1, -0.05) is 116 Å². The molecule has 7 aromatic rings. The molecule has 0 atom stereocenters.